The molecule has 0 atom stereocenters. The van der Waals surface area contributed by atoms with E-state index in [0.29, 0.717) is 19.0 Å². The van der Waals surface area contributed by atoms with Gasteiger partial charge in [-0.2, -0.15) is 0 Å². The Morgan fingerprint density at radius 2 is 2.17 bits per heavy atom. The highest BCUT2D eigenvalue weighted by atomic mass is 16.5. The molecule has 0 spiro atoms. The molecule has 0 aliphatic rings. The lowest BCUT2D eigenvalue weighted by Gasteiger charge is -2.10. The third-order valence-electron chi connectivity index (χ3n) is 2.43. The van der Waals surface area contributed by atoms with Crippen molar-refractivity contribution in [3.05, 3.63) is 29.4 Å². The summed E-state index contributed by atoms with van der Waals surface area (Å²) in [6.45, 7) is 6.84. The third-order valence-corrected chi connectivity index (χ3v) is 2.43. The molecular weight excluding hydrogens is 232 g/mol. The van der Waals surface area contributed by atoms with Crippen molar-refractivity contribution in [3.63, 3.8) is 0 Å². The van der Waals surface area contributed by atoms with Crippen LogP contribution in [0.3, 0.4) is 0 Å². The monoisotopic (exact) mass is 248 g/mol. The molecule has 0 aromatic carbocycles. The smallest absolute Gasteiger partial charge is 0.221 e. The molecule has 6 nitrogen and oxygen atoms in total. The molecule has 0 fully saturated rings. The fraction of sp³-hybridized carbons (Fsp3) is 0.417. The van der Waals surface area contributed by atoms with Crippen LogP contribution in [0.4, 0.5) is 5.82 Å². The van der Waals surface area contributed by atoms with Crippen LogP contribution in [0.15, 0.2) is 16.9 Å². The lowest BCUT2D eigenvalue weighted by atomic mass is 10.3. The molecule has 96 valence electrons. The number of aromatic nitrogens is 3. The van der Waals surface area contributed by atoms with Gasteiger partial charge in [0.05, 0.1) is 24.4 Å². The Hall–Kier alpha value is -2.11. The Kier molecular flexibility index (Phi) is 3.76. The van der Waals surface area contributed by atoms with E-state index in [1.54, 1.807) is 0 Å². The van der Waals surface area contributed by atoms with Crippen LogP contribution in [0.25, 0.3) is 0 Å². The van der Waals surface area contributed by atoms with Crippen LogP contribution < -0.4 is 10.1 Å². The molecule has 2 aromatic heterocycles. The molecule has 2 rings (SSSR count). The minimum atomic E-state index is 0.532. The fourth-order valence-corrected chi connectivity index (χ4v) is 1.56. The molecule has 0 bridgehead atoms. The second-order valence-electron chi connectivity index (χ2n) is 3.87. The maximum absolute atomic E-state index is 5.41. The first kappa shape index (κ1) is 12.3. The number of hydrogen-bond donors (Lipinski definition) is 1. The standard InChI is InChI=1S/C12H16N4O2/c1-4-17-12-9(3)11(14-7-15-12)13-6-10-5-8(2)16-18-10/h5,7H,4,6H2,1-3H3,(H,13,14,15). The summed E-state index contributed by atoms with van der Waals surface area (Å²) in [5.41, 5.74) is 1.75. The molecule has 6 heteroatoms. The normalized spacial score (nSPS) is 10.4. The van der Waals surface area contributed by atoms with Crippen LogP contribution >= 0.6 is 0 Å². The number of rotatable bonds is 5. The van der Waals surface area contributed by atoms with Crippen LogP contribution in [0.5, 0.6) is 5.88 Å². The first-order chi connectivity index (χ1) is 8.70. The zero-order valence-corrected chi connectivity index (χ0v) is 10.7. The van der Waals surface area contributed by atoms with Crippen LogP contribution in [0, 0.1) is 13.8 Å². The molecule has 0 saturated heterocycles. The topological polar surface area (TPSA) is 73.1 Å². The second-order valence-corrected chi connectivity index (χ2v) is 3.87. The molecule has 0 radical (unpaired) electrons. The average molecular weight is 248 g/mol. The van der Waals surface area contributed by atoms with Crippen molar-refractivity contribution in [2.75, 3.05) is 11.9 Å². The Morgan fingerprint density at radius 1 is 1.33 bits per heavy atom. The molecule has 1 N–H and O–H groups in total. The van der Waals surface area contributed by atoms with Crippen molar-refractivity contribution in [1.82, 2.24) is 15.1 Å². The van der Waals surface area contributed by atoms with Crippen molar-refractivity contribution in [2.24, 2.45) is 0 Å². The fourth-order valence-electron chi connectivity index (χ4n) is 1.56. The molecule has 0 aliphatic carbocycles. The highest BCUT2D eigenvalue weighted by Crippen LogP contribution is 2.20. The minimum Gasteiger partial charge on any atom is -0.478 e. The van der Waals surface area contributed by atoms with E-state index in [-0.39, 0.29) is 0 Å². The predicted molar refractivity (Wildman–Crippen MR) is 66.5 cm³/mol. The summed E-state index contributed by atoms with van der Waals surface area (Å²) in [5.74, 6) is 2.11. The van der Waals surface area contributed by atoms with Gasteiger partial charge in [0, 0.05) is 6.07 Å². The number of nitrogens with one attached hydrogen (secondary N) is 1. The van der Waals surface area contributed by atoms with Crippen molar-refractivity contribution in [1.29, 1.82) is 0 Å². The van der Waals surface area contributed by atoms with Gasteiger partial charge in [0.1, 0.15) is 12.1 Å². The largest absolute Gasteiger partial charge is 0.478 e. The molecule has 0 unspecified atom stereocenters. The number of anilines is 1. The first-order valence-electron chi connectivity index (χ1n) is 5.81. The van der Waals surface area contributed by atoms with Crippen molar-refractivity contribution in [2.45, 2.75) is 27.3 Å². The van der Waals surface area contributed by atoms with Crippen molar-refractivity contribution >= 4 is 5.82 Å². The van der Waals surface area contributed by atoms with Crippen LogP contribution in [-0.2, 0) is 6.54 Å². The van der Waals surface area contributed by atoms with Crippen molar-refractivity contribution in [3.8, 4) is 5.88 Å². The SMILES string of the molecule is CCOc1ncnc(NCc2cc(C)no2)c1C. The number of aryl methyl sites for hydroxylation is 1. The summed E-state index contributed by atoms with van der Waals surface area (Å²) in [6.07, 6.45) is 1.48. The first-order valence-corrected chi connectivity index (χ1v) is 5.81. The molecular formula is C12H16N4O2. The lowest BCUT2D eigenvalue weighted by Crippen LogP contribution is -2.05. The van der Waals surface area contributed by atoms with E-state index < -0.39 is 0 Å². The third kappa shape index (κ3) is 2.77. The summed E-state index contributed by atoms with van der Waals surface area (Å²) in [6, 6.07) is 1.88. The Labute approximate surface area is 105 Å². The quantitative estimate of drug-likeness (QED) is 0.873. The van der Waals surface area contributed by atoms with E-state index in [2.05, 4.69) is 20.4 Å². The maximum atomic E-state index is 5.41. The predicted octanol–water partition coefficient (Wildman–Crippen LogP) is 2.09. The van der Waals surface area contributed by atoms with E-state index in [4.69, 9.17) is 9.26 Å². The summed E-state index contributed by atoms with van der Waals surface area (Å²) < 4.78 is 10.5. The molecule has 0 amide bonds. The Bertz CT molecular complexity index is 525. The average Bonchev–Trinajstić information content (AvgIpc) is 2.77. The van der Waals surface area contributed by atoms with Gasteiger partial charge in [0.25, 0.3) is 0 Å². The van der Waals surface area contributed by atoms with Crippen LogP contribution in [0.2, 0.25) is 0 Å². The van der Waals surface area contributed by atoms with E-state index in [1.165, 1.54) is 6.33 Å². The summed E-state index contributed by atoms with van der Waals surface area (Å²) in [5, 5.41) is 7.00. The van der Waals surface area contributed by atoms with Gasteiger partial charge in [-0.15, -0.1) is 0 Å². The highest BCUT2D eigenvalue weighted by molar-refractivity contribution is 5.47. The molecule has 0 saturated carbocycles. The van der Waals surface area contributed by atoms with E-state index in [1.807, 2.05) is 26.8 Å². The summed E-state index contributed by atoms with van der Waals surface area (Å²) in [4.78, 5) is 8.26. The zero-order chi connectivity index (χ0) is 13.0. The van der Waals surface area contributed by atoms with Gasteiger partial charge in [-0.3, -0.25) is 0 Å². The number of hydrogen-bond acceptors (Lipinski definition) is 6. The minimum absolute atomic E-state index is 0.532. The second kappa shape index (κ2) is 5.48. The Balaban J connectivity index is 2.07. The van der Waals surface area contributed by atoms with Crippen LogP contribution in [0.1, 0.15) is 23.9 Å². The van der Waals surface area contributed by atoms with E-state index >= 15 is 0 Å². The lowest BCUT2D eigenvalue weighted by molar-refractivity contribution is 0.323. The van der Waals surface area contributed by atoms with Crippen LogP contribution in [-0.4, -0.2) is 21.7 Å². The van der Waals surface area contributed by atoms with E-state index in [9.17, 15) is 0 Å². The van der Waals surface area contributed by atoms with Gasteiger partial charge in [0.15, 0.2) is 5.76 Å². The zero-order valence-electron chi connectivity index (χ0n) is 10.7. The molecule has 2 aromatic rings. The maximum Gasteiger partial charge on any atom is 0.221 e. The van der Waals surface area contributed by atoms with Gasteiger partial charge < -0.3 is 14.6 Å². The van der Waals surface area contributed by atoms with Gasteiger partial charge in [0.2, 0.25) is 5.88 Å². The molecule has 18 heavy (non-hydrogen) atoms. The van der Waals surface area contributed by atoms with Crippen molar-refractivity contribution < 1.29 is 9.26 Å². The summed E-state index contributed by atoms with van der Waals surface area (Å²) >= 11 is 0. The highest BCUT2D eigenvalue weighted by Gasteiger charge is 2.08. The van der Waals surface area contributed by atoms with Gasteiger partial charge >= 0.3 is 0 Å². The van der Waals surface area contributed by atoms with Gasteiger partial charge in [-0.1, -0.05) is 5.16 Å². The molecule has 0 aliphatic heterocycles. The summed E-state index contributed by atoms with van der Waals surface area (Å²) in [7, 11) is 0. The number of nitrogens with zero attached hydrogens (tertiary/aromatic N) is 3. The number of ether oxygens (including phenoxy) is 1. The Morgan fingerprint density at radius 3 is 2.83 bits per heavy atom. The van der Waals surface area contributed by atoms with Gasteiger partial charge in [-0.25, -0.2) is 9.97 Å². The van der Waals surface area contributed by atoms with E-state index in [0.717, 1.165) is 22.8 Å². The van der Waals surface area contributed by atoms with Gasteiger partial charge in [-0.05, 0) is 20.8 Å². The molecule has 2 heterocycles.